The molecule has 154 valence electrons. The zero-order chi connectivity index (χ0) is 18.5. The standard InChI is InChI=1S/C25H28N2.2ClH/c1-26-17-18-27(19-21-11-5-2-6-12-21)20-24(26)25(22-13-7-3-8-14-22)23-15-9-4-10-16-23;;/h2-16,24-25H,17-20H2,1H3;2*1H/t24-;;/m1../s1. The Balaban J connectivity index is 0.00000150. The van der Waals surface area contributed by atoms with Crippen LogP contribution in [0, 0.1) is 0 Å². The van der Waals surface area contributed by atoms with Crippen LogP contribution in [0.25, 0.3) is 0 Å². The zero-order valence-electron chi connectivity index (χ0n) is 16.9. The first kappa shape index (κ1) is 23.4. The summed E-state index contributed by atoms with van der Waals surface area (Å²) in [5, 5.41) is 0. The monoisotopic (exact) mass is 428 g/mol. The van der Waals surface area contributed by atoms with E-state index < -0.39 is 0 Å². The number of nitrogens with zero attached hydrogens (tertiary/aromatic N) is 2. The van der Waals surface area contributed by atoms with Crippen LogP contribution < -0.4 is 0 Å². The lowest BCUT2D eigenvalue weighted by Gasteiger charge is -2.43. The van der Waals surface area contributed by atoms with Crippen molar-refractivity contribution >= 4 is 24.8 Å². The topological polar surface area (TPSA) is 6.48 Å². The summed E-state index contributed by atoms with van der Waals surface area (Å²) < 4.78 is 0. The fourth-order valence-corrected chi connectivity index (χ4v) is 4.26. The molecule has 0 bridgehead atoms. The molecule has 0 spiro atoms. The van der Waals surface area contributed by atoms with Crippen LogP contribution >= 0.6 is 24.8 Å². The molecule has 0 radical (unpaired) electrons. The van der Waals surface area contributed by atoms with E-state index in [0.29, 0.717) is 12.0 Å². The molecule has 4 heteroatoms. The number of likely N-dealkylation sites (N-methyl/N-ethyl adjacent to an activating group) is 1. The van der Waals surface area contributed by atoms with E-state index in [2.05, 4.69) is 108 Å². The summed E-state index contributed by atoms with van der Waals surface area (Å²) in [5.41, 5.74) is 4.21. The maximum absolute atomic E-state index is 2.61. The zero-order valence-corrected chi connectivity index (χ0v) is 18.5. The second-order valence-corrected chi connectivity index (χ2v) is 7.57. The summed E-state index contributed by atoms with van der Waals surface area (Å²) in [6.07, 6.45) is 0. The van der Waals surface area contributed by atoms with Crippen molar-refractivity contribution in [1.29, 1.82) is 0 Å². The molecule has 0 aliphatic carbocycles. The summed E-state index contributed by atoms with van der Waals surface area (Å²) in [4.78, 5) is 5.16. The van der Waals surface area contributed by atoms with Gasteiger partial charge in [0, 0.05) is 38.1 Å². The Hall–Kier alpha value is -1.84. The van der Waals surface area contributed by atoms with Crippen LogP contribution in [0.1, 0.15) is 22.6 Å². The molecule has 1 atom stereocenters. The first-order valence-corrected chi connectivity index (χ1v) is 9.87. The molecule has 1 aliphatic rings. The van der Waals surface area contributed by atoms with Crippen LogP contribution in [0.4, 0.5) is 0 Å². The van der Waals surface area contributed by atoms with Crippen LogP contribution in [0.5, 0.6) is 0 Å². The van der Waals surface area contributed by atoms with Gasteiger partial charge in [0.2, 0.25) is 0 Å². The normalized spacial score (nSPS) is 17.4. The predicted octanol–water partition coefficient (Wildman–Crippen LogP) is 5.48. The van der Waals surface area contributed by atoms with E-state index in [1.807, 2.05) is 0 Å². The average Bonchev–Trinajstić information content (AvgIpc) is 2.73. The Morgan fingerprint density at radius 3 is 1.72 bits per heavy atom. The molecule has 0 amide bonds. The van der Waals surface area contributed by atoms with Crippen molar-refractivity contribution in [2.75, 3.05) is 26.7 Å². The van der Waals surface area contributed by atoms with Crippen molar-refractivity contribution in [2.24, 2.45) is 0 Å². The Morgan fingerprint density at radius 1 is 0.724 bits per heavy atom. The van der Waals surface area contributed by atoms with Crippen LogP contribution in [0.3, 0.4) is 0 Å². The van der Waals surface area contributed by atoms with Gasteiger partial charge in [0.15, 0.2) is 0 Å². The molecular weight excluding hydrogens is 399 g/mol. The number of benzene rings is 3. The molecule has 0 aromatic heterocycles. The Kier molecular flexibility index (Phi) is 9.19. The Labute approximate surface area is 187 Å². The minimum Gasteiger partial charge on any atom is -0.300 e. The maximum Gasteiger partial charge on any atom is 0.0330 e. The summed E-state index contributed by atoms with van der Waals surface area (Å²) in [6.45, 7) is 4.34. The van der Waals surface area contributed by atoms with Gasteiger partial charge in [-0.3, -0.25) is 9.80 Å². The molecule has 0 unspecified atom stereocenters. The highest BCUT2D eigenvalue weighted by Gasteiger charge is 2.32. The number of hydrogen-bond donors (Lipinski definition) is 0. The average molecular weight is 429 g/mol. The summed E-state index contributed by atoms with van der Waals surface area (Å²) in [7, 11) is 2.28. The number of halogens is 2. The lowest BCUT2D eigenvalue weighted by atomic mass is 9.83. The van der Waals surface area contributed by atoms with Crippen LogP contribution in [-0.4, -0.2) is 42.5 Å². The van der Waals surface area contributed by atoms with E-state index >= 15 is 0 Å². The van der Waals surface area contributed by atoms with E-state index in [1.165, 1.54) is 16.7 Å². The van der Waals surface area contributed by atoms with Gasteiger partial charge in [0.1, 0.15) is 0 Å². The third-order valence-corrected chi connectivity index (χ3v) is 5.73. The van der Waals surface area contributed by atoms with E-state index in [-0.39, 0.29) is 24.8 Å². The molecule has 1 heterocycles. The van der Waals surface area contributed by atoms with Gasteiger partial charge in [0.05, 0.1) is 0 Å². The predicted molar refractivity (Wildman–Crippen MR) is 127 cm³/mol. The third kappa shape index (κ3) is 5.83. The number of piperazine rings is 1. The minimum atomic E-state index is 0. The van der Waals surface area contributed by atoms with Crippen molar-refractivity contribution in [2.45, 2.75) is 18.5 Å². The van der Waals surface area contributed by atoms with Crippen LogP contribution in [0.2, 0.25) is 0 Å². The fraction of sp³-hybridized carbons (Fsp3) is 0.280. The summed E-state index contributed by atoms with van der Waals surface area (Å²) in [6, 6.07) is 33.3. The molecule has 3 aromatic rings. The summed E-state index contributed by atoms with van der Waals surface area (Å²) in [5.74, 6) is 0.385. The highest BCUT2D eigenvalue weighted by atomic mass is 35.5. The molecular formula is C25H30Cl2N2. The third-order valence-electron chi connectivity index (χ3n) is 5.73. The maximum atomic E-state index is 2.61. The largest absolute Gasteiger partial charge is 0.300 e. The lowest BCUT2D eigenvalue weighted by molar-refractivity contribution is 0.0816. The van der Waals surface area contributed by atoms with Gasteiger partial charge in [-0.15, -0.1) is 24.8 Å². The SMILES string of the molecule is CN1CCN(Cc2ccccc2)C[C@@H]1C(c1ccccc1)c1ccccc1.Cl.Cl. The molecule has 29 heavy (non-hydrogen) atoms. The molecule has 1 saturated heterocycles. The van der Waals surface area contributed by atoms with Gasteiger partial charge < -0.3 is 0 Å². The fourth-order valence-electron chi connectivity index (χ4n) is 4.26. The van der Waals surface area contributed by atoms with Gasteiger partial charge in [0.25, 0.3) is 0 Å². The van der Waals surface area contributed by atoms with E-state index in [9.17, 15) is 0 Å². The highest BCUT2D eigenvalue weighted by Crippen LogP contribution is 2.32. The molecule has 1 fully saturated rings. The van der Waals surface area contributed by atoms with Gasteiger partial charge in [-0.25, -0.2) is 0 Å². The Morgan fingerprint density at radius 2 is 1.21 bits per heavy atom. The molecule has 2 nitrogen and oxygen atoms in total. The van der Waals surface area contributed by atoms with Crippen molar-refractivity contribution in [3.05, 3.63) is 108 Å². The highest BCUT2D eigenvalue weighted by molar-refractivity contribution is 5.85. The first-order valence-electron chi connectivity index (χ1n) is 9.87. The van der Waals surface area contributed by atoms with Crippen molar-refractivity contribution in [3.8, 4) is 0 Å². The molecule has 0 saturated carbocycles. The second-order valence-electron chi connectivity index (χ2n) is 7.57. The number of rotatable bonds is 5. The van der Waals surface area contributed by atoms with Gasteiger partial charge in [-0.2, -0.15) is 0 Å². The van der Waals surface area contributed by atoms with E-state index in [0.717, 1.165) is 26.2 Å². The van der Waals surface area contributed by atoms with Gasteiger partial charge >= 0.3 is 0 Å². The van der Waals surface area contributed by atoms with E-state index in [1.54, 1.807) is 0 Å². The lowest BCUT2D eigenvalue weighted by Crippen LogP contribution is -2.53. The molecule has 0 N–H and O–H groups in total. The molecule has 4 rings (SSSR count). The van der Waals surface area contributed by atoms with Gasteiger partial charge in [-0.05, 0) is 23.7 Å². The van der Waals surface area contributed by atoms with Crippen LogP contribution in [0.15, 0.2) is 91.0 Å². The molecule has 3 aromatic carbocycles. The Bertz CT molecular complexity index is 788. The van der Waals surface area contributed by atoms with Crippen molar-refractivity contribution in [3.63, 3.8) is 0 Å². The van der Waals surface area contributed by atoms with E-state index in [4.69, 9.17) is 0 Å². The number of hydrogen-bond acceptors (Lipinski definition) is 2. The van der Waals surface area contributed by atoms with Crippen molar-refractivity contribution in [1.82, 2.24) is 9.80 Å². The smallest absolute Gasteiger partial charge is 0.0330 e. The minimum absolute atomic E-state index is 0. The van der Waals surface area contributed by atoms with Crippen molar-refractivity contribution < 1.29 is 0 Å². The molecule has 1 aliphatic heterocycles. The first-order chi connectivity index (χ1) is 13.3. The second kappa shape index (κ2) is 11.4. The van der Waals surface area contributed by atoms with Gasteiger partial charge in [-0.1, -0.05) is 91.0 Å². The quantitative estimate of drug-likeness (QED) is 0.530. The van der Waals surface area contributed by atoms with Crippen LogP contribution in [-0.2, 0) is 6.54 Å². The summed E-state index contributed by atoms with van der Waals surface area (Å²) >= 11 is 0.